The number of nitro groups is 1. The average Bonchev–Trinajstić information content (AvgIpc) is 2.73. The van der Waals surface area contributed by atoms with Crippen molar-refractivity contribution < 1.29 is 14.5 Å². The third-order valence-electron chi connectivity index (χ3n) is 4.00. The number of amides is 1. The molecule has 9 heteroatoms. The molecule has 1 amide bonds. The molecule has 3 rings (SSSR count). The summed E-state index contributed by atoms with van der Waals surface area (Å²) in [6.45, 7) is 0.270. The quantitative estimate of drug-likeness (QED) is 0.248. The minimum atomic E-state index is -0.442. The summed E-state index contributed by atoms with van der Waals surface area (Å²) in [4.78, 5) is 22.4. The van der Waals surface area contributed by atoms with Crippen LogP contribution in [-0.2, 0) is 6.61 Å². The van der Waals surface area contributed by atoms with Gasteiger partial charge in [-0.05, 0) is 85.5 Å². The molecular weight excluding hydrogens is 518 g/mol. The Balaban J connectivity index is 1.58. The Labute approximate surface area is 189 Å². The van der Waals surface area contributed by atoms with E-state index in [0.717, 1.165) is 11.1 Å². The summed E-state index contributed by atoms with van der Waals surface area (Å²) in [5.41, 5.74) is 4.59. The normalized spacial score (nSPS) is 10.7. The van der Waals surface area contributed by atoms with Gasteiger partial charge in [0.1, 0.15) is 12.4 Å². The largest absolute Gasteiger partial charge is 0.488 e. The number of carbonyl (C=O) groups excluding carboxylic acids is 1. The zero-order chi connectivity index (χ0) is 21.5. The third kappa shape index (κ3) is 5.74. The van der Waals surface area contributed by atoms with Gasteiger partial charge in [0.2, 0.25) is 0 Å². The van der Waals surface area contributed by atoms with Crippen LogP contribution in [0.3, 0.4) is 0 Å². The number of benzene rings is 3. The van der Waals surface area contributed by atoms with Crippen molar-refractivity contribution in [3.63, 3.8) is 0 Å². The fourth-order valence-corrected chi connectivity index (χ4v) is 3.44. The molecule has 0 aromatic heterocycles. The molecule has 0 heterocycles. The molecule has 0 saturated carbocycles. The van der Waals surface area contributed by atoms with Gasteiger partial charge in [0.05, 0.1) is 21.2 Å². The van der Waals surface area contributed by atoms with E-state index >= 15 is 0 Å². The lowest BCUT2D eigenvalue weighted by Crippen LogP contribution is -2.18. The first kappa shape index (κ1) is 21.7. The number of ether oxygens (including phenoxy) is 1. The number of hydrogen-bond donors (Lipinski definition) is 1. The predicted octanol–water partition coefficient (Wildman–Crippen LogP) is 5.46. The molecule has 7 nitrogen and oxygen atoms in total. The van der Waals surface area contributed by atoms with Crippen LogP contribution < -0.4 is 10.2 Å². The number of nitrogens with one attached hydrogen (secondary N) is 1. The second-order valence-corrected chi connectivity index (χ2v) is 7.79. The van der Waals surface area contributed by atoms with Gasteiger partial charge < -0.3 is 4.74 Å². The number of halogens is 2. The maximum Gasteiger partial charge on any atom is 0.272 e. The zero-order valence-corrected chi connectivity index (χ0v) is 18.6. The van der Waals surface area contributed by atoms with Crippen molar-refractivity contribution >= 4 is 49.7 Å². The van der Waals surface area contributed by atoms with Gasteiger partial charge in [-0.2, -0.15) is 5.10 Å². The highest BCUT2D eigenvalue weighted by Gasteiger charge is 2.08. The Hall–Kier alpha value is -3.04. The number of nitro benzene ring substituents is 1. The molecule has 3 aromatic carbocycles. The monoisotopic (exact) mass is 531 g/mol. The van der Waals surface area contributed by atoms with Crippen LogP contribution in [0.25, 0.3) is 0 Å². The van der Waals surface area contributed by atoms with Crippen LogP contribution in [0, 0.1) is 10.1 Å². The highest BCUT2D eigenvalue weighted by Crippen LogP contribution is 2.26. The van der Waals surface area contributed by atoms with Crippen molar-refractivity contribution in [3.05, 3.63) is 102 Å². The van der Waals surface area contributed by atoms with Crippen molar-refractivity contribution in [2.75, 3.05) is 0 Å². The van der Waals surface area contributed by atoms with Crippen molar-refractivity contribution in [2.24, 2.45) is 5.10 Å². The molecule has 152 valence electrons. The highest BCUT2D eigenvalue weighted by atomic mass is 79.9. The van der Waals surface area contributed by atoms with Crippen LogP contribution in [0.15, 0.2) is 80.8 Å². The molecule has 0 unspecified atom stereocenters. The number of non-ortho nitro benzene ring substituents is 1. The predicted molar refractivity (Wildman–Crippen MR) is 121 cm³/mol. The highest BCUT2D eigenvalue weighted by molar-refractivity contribution is 9.10. The molecule has 0 radical (unpaired) electrons. The van der Waals surface area contributed by atoms with E-state index in [9.17, 15) is 14.9 Å². The van der Waals surface area contributed by atoms with Crippen molar-refractivity contribution in [2.45, 2.75) is 6.61 Å². The fraction of sp³-hybridized carbons (Fsp3) is 0.0476. The van der Waals surface area contributed by atoms with Gasteiger partial charge in [0.15, 0.2) is 0 Å². The summed E-state index contributed by atoms with van der Waals surface area (Å²) in [5, 5.41) is 14.7. The molecule has 0 aliphatic rings. The van der Waals surface area contributed by atoms with E-state index in [4.69, 9.17) is 4.74 Å². The topological polar surface area (TPSA) is 93.8 Å². The lowest BCUT2D eigenvalue weighted by Gasteiger charge is -2.09. The molecule has 0 aliphatic heterocycles. The Morgan fingerprint density at radius 3 is 2.47 bits per heavy atom. The first-order chi connectivity index (χ1) is 14.4. The number of carbonyl (C=O) groups is 1. The van der Waals surface area contributed by atoms with Crippen LogP contribution in [0.4, 0.5) is 5.69 Å². The molecule has 0 spiro atoms. The second kappa shape index (κ2) is 10.1. The second-order valence-electron chi connectivity index (χ2n) is 6.08. The summed E-state index contributed by atoms with van der Waals surface area (Å²) >= 11 is 6.78. The maximum absolute atomic E-state index is 12.1. The van der Waals surface area contributed by atoms with Crippen LogP contribution >= 0.6 is 31.9 Å². The first-order valence-corrected chi connectivity index (χ1v) is 10.3. The van der Waals surface area contributed by atoms with Crippen molar-refractivity contribution in [3.8, 4) is 5.75 Å². The van der Waals surface area contributed by atoms with Crippen LogP contribution in [0.5, 0.6) is 5.75 Å². The minimum Gasteiger partial charge on any atom is -0.488 e. The van der Waals surface area contributed by atoms with Gasteiger partial charge in [0, 0.05) is 16.6 Å². The van der Waals surface area contributed by atoms with E-state index in [1.807, 2.05) is 6.07 Å². The van der Waals surface area contributed by atoms with E-state index in [1.165, 1.54) is 18.3 Å². The Morgan fingerprint density at radius 1 is 1.07 bits per heavy atom. The lowest BCUT2D eigenvalue weighted by atomic mass is 10.2. The summed E-state index contributed by atoms with van der Waals surface area (Å²) < 4.78 is 7.16. The molecule has 1 N–H and O–H groups in total. The van der Waals surface area contributed by atoms with Gasteiger partial charge in [-0.25, -0.2) is 5.43 Å². The maximum atomic E-state index is 12.1. The molecule has 3 aromatic rings. The zero-order valence-electron chi connectivity index (χ0n) is 15.4. The Morgan fingerprint density at radius 2 is 1.80 bits per heavy atom. The van der Waals surface area contributed by atoms with Crippen molar-refractivity contribution in [1.82, 2.24) is 5.43 Å². The molecule has 0 atom stereocenters. The van der Waals surface area contributed by atoms with Gasteiger partial charge >= 0.3 is 0 Å². The number of hydrazone groups is 1. The van der Waals surface area contributed by atoms with Crippen molar-refractivity contribution in [1.29, 1.82) is 0 Å². The number of rotatable bonds is 7. The summed E-state index contributed by atoms with van der Waals surface area (Å²) in [7, 11) is 0. The number of nitrogens with zero attached hydrogens (tertiary/aromatic N) is 2. The first-order valence-electron chi connectivity index (χ1n) is 8.67. The minimum absolute atomic E-state index is 0.0373. The van der Waals surface area contributed by atoms with Gasteiger partial charge in [-0.3, -0.25) is 14.9 Å². The molecular formula is C21H15Br2N3O4. The van der Waals surface area contributed by atoms with Crippen LogP contribution in [0.1, 0.15) is 21.5 Å². The number of hydrogen-bond acceptors (Lipinski definition) is 5. The van der Waals surface area contributed by atoms with Gasteiger partial charge in [-0.15, -0.1) is 0 Å². The summed E-state index contributed by atoms with van der Waals surface area (Å²) in [5.74, 6) is 0.295. The lowest BCUT2D eigenvalue weighted by molar-refractivity contribution is -0.384. The molecule has 0 fully saturated rings. The summed E-state index contributed by atoms with van der Waals surface area (Å²) in [6, 6.07) is 18.6. The molecule has 30 heavy (non-hydrogen) atoms. The van der Waals surface area contributed by atoms with E-state index in [0.29, 0.717) is 20.3 Å². The molecule has 0 bridgehead atoms. The Kier molecular flexibility index (Phi) is 7.31. The smallest absolute Gasteiger partial charge is 0.272 e. The molecule has 0 aliphatic carbocycles. The average molecular weight is 533 g/mol. The van der Waals surface area contributed by atoms with Gasteiger partial charge in [0.25, 0.3) is 11.6 Å². The summed E-state index contributed by atoms with van der Waals surface area (Å²) in [6.07, 6.45) is 1.53. The SMILES string of the molecule is O=C(N/N=C/c1ccc(OCc2ccc([N+](=O)[O-])cc2)c(Br)c1)c1ccccc1Br. The van der Waals surface area contributed by atoms with E-state index < -0.39 is 4.92 Å². The van der Waals surface area contributed by atoms with E-state index in [2.05, 4.69) is 42.4 Å². The van der Waals surface area contributed by atoms with E-state index in [-0.39, 0.29) is 18.2 Å². The van der Waals surface area contributed by atoms with E-state index in [1.54, 1.807) is 48.5 Å². The Bertz CT molecular complexity index is 1100. The van der Waals surface area contributed by atoms with Gasteiger partial charge in [-0.1, -0.05) is 12.1 Å². The van der Waals surface area contributed by atoms with Crippen LogP contribution in [-0.4, -0.2) is 17.0 Å². The third-order valence-corrected chi connectivity index (χ3v) is 5.31. The fourth-order valence-electron chi connectivity index (χ4n) is 2.46. The van der Waals surface area contributed by atoms with Crippen LogP contribution in [0.2, 0.25) is 0 Å². The molecule has 0 saturated heterocycles. The standard InChI is InChI=1S/C21H15Br2N3O4/c22-18-4-2-1-3-17(18)21(27)25-24-12-15-7-10-20(19(23)11-15)30-13-14-5-8-16(9-6-14)26(28)29/h1-12H,13H2,(H,25,27)/b24-12+.